The minimum Gasteiger partial charge on any atom is -0.489 e. The van der Waals surface area contributed by atoms with Crippen molar-refractivity contribution in [2.45, 2.75) is 25.6 Å². The monoisotopic (exact) mass is 375 g/mol. The van der Waals surface area contributed by atoms with Crippen LogP contribution in [-0.4, -0.2) is 17.2 Å². The van der Waals surface area contributed by atoms with Gasteiger partial charge in [-0.2, -0.15) is 13.2 Å². The summed E-state index contributed by atoms with van der Waals surface area (Å²) in [5.41, 5.74) is -0.0323. The molecule has 0 amide bonds. The number of hydrogen-bond acceptors (Lipinski definition) is 5. The number of aromatic nitrogens is 1. The van der Waals surface area contributed by atoms with E-state index in [4.69, 9.17) is 26.9 Å². The van der Waals surface area contributed by atoms with Gasteiger partial charge >= 0.3 is 6.18 Å². The Balaban J connectivity index is 2.16. The molecule has 136 valence electrons. The molecule has 0 bridgehead atoms. The molecular weight excluding hydrogens is 359 g/mol. The van der Waals surface area contributed by atoms with Crippen LogP contribution in [-0.2, 0) is 6.18 Å². The number of anilines is 1. The van der Waals surface area contributed by atoms with Crippen molar-refractivity contribution in [3.8, 4) is 11.5 Å². The summed E-state index contributed by atoms with van der Waals surface area (Å²) in [5, 5.41) is 0.551. The summed E-state index contributed by atoms with van der Waals surface area (Å²) in [7, 11) is 0. The van der Waals surface area contributed by atoms with Gasteiger partial charge in [0.1, 0.15) is 29.3 Å². The summed E-state index contributed by atoms with van der Waals surface area (Å²) in [5.74, 6) is 4.73. The Morgan fingerprint density at radius 2 is 1.80 bits per heavy atom. The number of rotatable bonds is 6. The molecule has 0 radical (unpaired) electrons. The minimum atomic E-state index is -4.67. The van der Waals surface area contributed by atoms with Crippen molar-refractivity contribution in [3.63, 3.8) is 0 Å². The summed E-state index contributed by atoms with van der Waals surface area (Å²) < 4.78 is 50.8. The molecule has 2 rings (SSSR count). The van der Waals surface area contributed by atoms with E-state index in [1.807, 2.05) is 5.43 Å². The van der Waals surface area contributed by atoms with Crippen molar-refractivity contribution in [2.75, 3.05) is 12.0 Å². The number of halogens is 4. The Kier molecular flexibility index (Phi) is 5.64. The zero-order chi connectivity index (χ0) is 18.7. The highest BCUT2D eigenvalue weighted by atomic mass is 35.5. The van der Waals surface area contributed by atoms with E-state index in [0.717, 1.165) is 6.07 Å². The van der Waals surface area contributed by atoms with Crippen LogP contribution in [0.1, 0.15) is 19.4 Å². The molecule has 1 heterocycles. The molecule has 0 aliphatic carbocycles. The van der Waals surface area contributed by atoms with Gasteiger partial charge in [0, 0.05) is 11.2 Å². The maximum Gasteiger partial charge on any atom is 0.423 e. The number of pyridine rings is 1. The van der Waals surface area contributed by atoms with Crippen molar-refractivity contribution in [3.05, 3.63) is 47.1 Å². The Labute approximate surface area is 147 Å². The maximum atomic E-state index is 13.2. The van der Waals surface area contributed by atoms with Gasteiger partial charge in [-0.25, -0.2) is 10.8 Å². The fourth-order valence-corrected chi connectivity index (χ4v) is 2.18. The lowest BCUT2D eigenvalue weighted by Gasteiger charge is -2.27. The molecule has 1 aromatic carbocycles. The lowest BCUT2D eigenvalue weighted by Crippen LogP contribution is -2.36. The molecule has 0 atom stereocenters. The first-order valence-corrected chi connectivity index (χ1v) is 7.60. The highest BCUT2D eigenvalue weighted by molar-refractivity contribution is 6.30. The Morgan fingerprint density at radius 3 is 2.36 bits per heavy atom. The van der Waals surface area contributed by atoms with E-state index in [2.05, 4.69) is 4.98 Å². The zero-order valence-corrected chi connectivity index (χ0v) is 14.3. The Morgan fingerprint density at radius 1 is 1.16 bits per heavy atom. The van der Waals surface area contributed by atoms with Crippen molar-refractivity contribution in [2.24, 2.45) is 5.84 Å². The number of hydrazine groups is 1. The van der Waals surface area contributed by atoms with Gasteiger partial charge in [-0.3, -0.25) is 0 Å². The minimum absolute atomic E-state index is 0.132. The topological polar surface area (TPSA) is 69.4 Å². The number of ether oxygens (including phenoxy) is 2. The SMILES string of the molecule is CC(C)(COc1ccnc(NN)c1C(F)(F)F)Oc1ccc(Cl)cc1. The maximum absolute atomic E-state index is 13.2. The summed E-state index contributed by atoms with van der Waals surface area (Å²) in [6, 6.07) is 7.75. The molecule has 0 saturated carbocycles. The second-order valence-corrected chi connectivity index (χ2v) is 6.22. The summed E-state index contributed by atoms with van der Waals surface area (Å²) >= 11 is 5.80. The largest absolute Gasteiger partial charge is 0.489 e. The van der Waals surface area contributed by atoms with Crippen molar-refractivity contribution >= 4 is 17.4 Å². The van der Waals surface area contributed by atoms with Crippen LogP contribution in [0.4, 0.5) is 19.0 Å². The molecule has 9 heteroatoms. The van der Waals surface area contributed by atoms with Crippen LogP contribution in [0.5, 0.6) is 11.5 Å². The van der Waals surface area contributed by atoms with Crippen molar-refractivity contribution in [1.82, 2.24) is 4.98 Å². The van der Waals surface area contributed by atoms with Crippen LogP contribution in [0.2, 0.25) is 5.02 Å². The molecular formula is C16H17ClF3N3O2. The predicted molar refractivity (Wildman–Crippen MR) is 88.7 cm³/mol. The standard InChI is InChI=1S/C16H17ClF3N3O2/c1-15(2,25-11-5-3-10(17)4-6-11)9-24-12-7-8-22-14(23-21)13(12)16(18,19)20/h3-8H,9,21H2,1-2H3,(H,22,23). The summed E-state index contributed by atoms with van der Waals surface area (Å²) in [6.07, 6.45) is -3.50. The van der Waals surface area contributed by atoms with Gasteiger partial charge in [-0.1, -0.05) is 11.6 Å². The van der Waals surface area contributed by atoms with Gasteiger partial charge in [0.05, 0.1) is 0 Å². The molecule has 0 saturated heterocycles. The highest BCUT2D eigenvalue weighted by Gasteiger charge is 2.38. The van der Waals surface area contributed by atoms with E-state index in [-0.39, 0.29) is 12.4 Å². The van der Waals surface area contributed by atoms with Gasteiger partial charge in [0.25, 0.3) is 0 Å². The lowest BCUT2D eigenvalue weighted by atomic mass is 10.1. The molecule has 0 unspecified atom stereocenters. The number of nitrogen functional groups attached to an aromatic ring is 1. The van der Waals surface area contributed by atoms with Crippen molar-refractivity contribution < 1.29 is 22.6 Å². The Bertz CT molecular complexity index is 722. The molecule has 3 N–H and O–H groups in total. The predicted octanol–water partition coefficient (Wildman–Crippen LogP) is 4.28. The first-order chi connectivity index (χ1) is 11.6. The molecule has 25 heavy (non-hydrogen) atoms. The van der Waals surface area contributed by atoms with E-state index in [0.29, 0.717) is 10.8 Å². The number of nitrogens with one attached hydrogen (secondary N) is 1. The molecule has 2 aromatic rings. The van der Waals surface area contributed by atoms with Gasteiger partial charge in [0.2, 0.25) is 0 Å². The van der Waals surface area contributed by atoms with E-state index in [9.17, 15) is 13.2 Å². The number of nitrogens with two attached hydrogens (primary N) is 1. The smallest absolute Gasteiger partial charge is 0.423 e. The van der Waals surface area contributed by atoms with Gasteiger partial charge in [-0.15, -0.1) is 0 Å². The number of alkyl halides is 3. The van der Waals surface area contributed by atoms with Crippen LogP contribution in [0.25, 0.3) is 0 Å². The van der Waals surface area contributed by atoms with Gasteiger partial charge in [-0.05, 0) is 44.2 Å². The molecule has 0 spiro atoms. The fourth-order valence-electron chi connectivity index (χ4n) is 2.05. The van der Waals surface area contributed by atoms with E-state index in [1.165, 1.54) is 6.20 Å². The van der Waals surface area contributed by atoms with Gasteiger partial charge in [0.15, 0.2) is 5.82 Å². The molecule has 0 aliphatic rings. The first kappa shape index (κ1) is 19.1. The van der Waals surface area contributed by atoms with Crippen LogP contribution in [0.3, 0.4) is 0 Å². The van der Waals surface area contributed by atoms with Crippen molar-refractivity contribution in [1.29, 1.82) is 0 Å². The Hall–Kier alpha value is -2.19. The van der Waals surface area contributed by atoms with Crippen LogP contribution >= 0.6 is 11.6 Å². The normalized spacial score (nSPS) is 12.0. The van der Waals surface area contributed by atoms with Crippen LogP contribution in [0.15, 0.2) is 36.5 Å². The fraction of sp³-hybridized carbons (Fsp3) is 0.312. The number of benzene rings is 1. The quantitative estimate of drug-likeness (QED) is 0.582. The molecule has 1 aromatic heterocycles. The third-order valence-corrected chi connectivity index (χ3v) is 3.37. The highest BCUT2D eigenvalue weighted by Crippen LogP contribution is 2.40. The lowest BCUT2D eigenvalue weighted by molar-refractivity contribution is -0.138. The average molecular weight is 376 g/mol. The first-order valence-electron chi connectivity index (χ1n) is 7.22. The zero-order valence-electron chi connectivity index (χ0n) is 13.5. The number of nitrogens with zero attached hydrogens (tertiary/aromatic N) is 1. The second kappa shape index (κ2) is 7.37. The molecule has 5 nitrogen and oxygen atoms in total. The molecule has 0 aliphatic heterocycles. The van der Waals surface area contributed by atoms with E-state index >= 15 is 0 Å². The third-order valence-electron chi connectivity index (χ3n) is 3.12. The summed E-state index contributed by atoms with van der Waals surface area (Å²) in [4.78, 5) is 3.56. The van der Waals surface area contributed by atoms with Crippen LogP contribution in [0, 0.1) is 0 Å². The van der Waals surface area contributed by atoms with E-state index < -0.39 is 23.2 Å². The third kappa shape index (κ3) is 5.14. The molecule has 0 fully saturated rings. The van der Waals surface area contributed by atoms with E-state index in [1.54, 1.807) is 38.1 Å². The summed E-state index contributed by atoms with van der Waals surface area (Å²) in [6.45, 7) is 3.25. The average Bonchev–Trinajstić information content (AvgIpc) is 2.53. The van der Waals surface area contributed by atoms with Gasteiger partial charge < -0.3 is 14.9 Å². The second-order valence-electron chi connectivity index (χ2n) is 5.78. The number of hydrogen-bond donors (Lipinski definition) is 2. The van der Waals surface area contributed by atoms with Crippen LogP contribution < -0.4 is 20.7 Å².